The zero-order chi connectivity index (χ0) is 13.8. The maximum Gasteiger partial charge on any atom is 0.307 e. The number of carboxylic acids is 1. The molecule has 0 bridgehead atoms. The number of carbonyl (C=O) groups is 1. The summed E-state index contributed by atoms with van der Waals surface area (Å²) < 4.78 is 5.20. The highest BCUT2D eigenvalue weighted by Gasteiger charge is 2.28. The molecule has 0 aromatic carbocycles. The Balaban J connectivity index is 1.82. The lowest BCUT2D eigenvalue weighted by Crippen LogP contribution is -2.22. The Labute approximate surface area is 112 Å². The van der Waals surface area contributed by atoms with E-state index in [-0.39, 0.29) is 5.92 Å². The Kier molecular flexibility index (Phi) is 4.52. The molecule has 0 radical (unpaired) electrons. The molecule has 1 aliphatic rings. The van der Waals surface area contributed by atoms with E-state index < -0.39 is 5.97 Å². The fourth-order valence-corrected chi connectivity index (χ4v) is 2.24. The molecule has 1 aromatic heterocycles. The van der Waals surface area contributed by atoms with Crippen molar-refractivity contribution >= 4 is 5.97 Å². The van der Waals surface area contributed by atoms with E-state index in [1.807, 2.05) is 0 Å². The molecule has 6 heteroatoms. The Hall–Kier alpha value is -1.43. The van der Waals surface area contributed by atoms with Gasteiger partial charge in [0.25, 0.3) is 0 Å². The van der Waals surface area contributed by atoms with Crippen LogP contribution in [-0.4, -0.2) is 39.2 Å². The van der Waals surface area contributed by atoms with Crippen LogP contribution in [-0.2, 0) is 17.8 Å². The van der Waals surface area contributed by atoms with Gasteiger partial charge in [-0.15, -0.1) is 0 Å². The van der Waals surface area contributed by atoms with Crippen LogP contribution in [0.4, 0.5) is 0 Å². The van der Waals surface area contributed by atoms with Gasteiger partial charge in [-0.25, -0.2) is 0 Å². The molecule has 19 heavy (non-hydrogen) atoms. The van der Waals surface area contributed by atoms with E-state index in [1.54, 1.807) is 0 Å². The first kappa shape index (κ1) is 14.0. The van der Waals surface area contributed by atoms with E-state index in [0.717, 1.165) is 25.2 Å². The molecule has 1 aromatic rings. The van der Waals surface area contributed by atoms with Gasteiger partial charge in [-0.05, 0) is 25.3 Å². The van der Waals surface area contributed by atoms with E-state index in [0.29, 0.717) is 31.3 Å². The minimum absolute atomic E-state index is 0.261. The lowest BCUT2D eigenvalue weighted by Gasteiger charge is -2.11. The third-order valence-corrected chi connectivity index (χ3v) is 3.44. The summed E-state index contributed by atoms with van der Waals surface area (Å²) in [6.45, 7) is 6.23. The van der Waals surface area contributed by atoms with Gasteiger partial charge in [0, 0.05) is 13.0 Å². The average molecular weight is 267 g/mol. The molecule has 106 valence electrons. The molecule has 1 saturated heterocycles. The van der Waals surface area contributed by atoms with E-state index in [1.165, 1.54) is 0 Å². The summed E-state index contributed by atoms with van der Waals surface area (Å²) in [5.41, 5.74) is 0. The molecule has 0 spiro atoms. The lowest BCUT2D eigenvalue weighted by molar-refractivity contribution is -0.141. The number of aliphatic carboxylic acids is 1. The number of carboxylic acid groups (broad SMARTS) is 1. The standard InChI is InChI=1S/C13H21N3O3/c1-9(2)3-4-11-14-12(19-15-11)8-16-6-5-10(7-16)13(17)18/h9-10H,3-8H2,1-2H3,(H,17,18). The van der Waals surface area contributed by atoms with Crippen LogP contribution >= 0.6 is 0 Å². The van der Waals surface area contributed by atoms with Crippen molar-refractivity contribution in [3.63, 3.8) is 0 Å². The number of aromatic nitrogens is 2. The van der Waals surface area contributed by atoms with Crippen molar-refractivity contribution < 1.29 is 14.4 Å². The lowest BCUT2D eigenvalue weighted by atomic mass is 10.1. The molecule has 1 atom stereocenters. The largest absolute Gasteiger partial charge is 0.481 e. The molecule has 2 heterocycles. The van der Waals surface area contributed by atoms with Gasteiger partial charge in [0.2, 0.25) is 5.89 Å². The molecule has 1 unspecified atom stereocenters. The first-order chi connectivity index (χ1) is 9.04. The summed E-state index contributed by atoms with van der Waals surface area (Å²) in [6, 6.07) is 0. The number of rotatable bonds is 6. The first-order valence-electron chi connectivity index (χ1n) is 6.81. The summed E-state index contributed by atoms with van der Waals surface area (Å²) in [7, 11) is 0. The van der Waals surface area contributed by atoms with Crippen molar-refractivity contribution in [2.24, 2.45) is 11.8 Å². The van der Waals surface area contributed by atoms with Crippen LogP contribution in [0.1, 0.15) is 38.4 Å². The molecule has 0 saturated carbocycles. The second-order valence-corrected chi connectivity index (χ2v) is 5.60. The fourth-order valence-electron chi connectivity index (χ4n) is 2.24. The third kappa shape index (κ3) is 4.02. The Morgan fingerprint density at radius 1 is 1.58 bits per heavy atom. The summed E-state index contributed by atoms with van der Waals surface area (Å²) in [5.74, 6) is 0.980. The maximum atomic E-state index is 10.9. The van der Waals surface area contributed by atoms with Gasteiger partial charge in [-0.3, -0.25) is 9.69 Å². The van der Waals surface area contributed by atoms with Gasteiger partial charge >= 0.3 is 5.97 Å². The summed E-state index contributed by atoms with van der Waals surface area (Å²) in [4.78, 5) is 17.3. The van der Waals surface area contributed by atoms with Crippen LogP contribution in [0.25, 0.3) is 0 Å². The number of aryl methyl sites for hydroxylation is 1. The van der Waals surface area contributed by atoms with Crippen molar-refractivity contribution in [1.82, 2.24) is 15.0 Å². The molecule has 0 amide bonds. The Morgan fingerprint density at radius 3 is 3.00 bits per heavy atom. The van der Waals surface area contributed by atoms with Crippen molar-refractivity contribution in [3.05, 3.63) is 11.7 Å². The SMILES string of the molecule is CC(C)CCc1noc(CN2CCC(C(=O)O)C2)n1. The van der Waals surface area contributed by atoms with E-state index in [4.69, 9.17) is 9.63 Å². The van der Waals surface area contributed by atoms with Crippen molar-refractivity contribution in [2.75, 3.05) is 13.1 Å². The van der Waals surface area contributed by atoms with Crippen LogP contribution in [0.5, 0.6) is 0 Å². The van der Waals surface area contributed by atoms with E-state index in [2.05, 4.69) is 28.9 Å². The van der Waals surface area contributed by atoms with E-state index in [9.17, 15) is 4.79 Å². The minimum atomic E-state index is -0.717. The van der Waals surface area contributed by atoms with Crippen molar-refractivity contribution in [3.8, 4) is 0 Å². The summed E-state index contributed by atoms with van der Waals surface area (Å²) in [6.07, 6.45) is 2.58. The van der Waals surface area contributed by atoms with Gasteiger partial charge in [-0.2, -0.15) is 4.98 Å². The molecular weight excluding hydrogens is 246 g/mol. The maximum absolute atomic E-state index is 10.9. The van der Waals surface area contributed by atoms with Crippen molar-refractivity contribution in [1.29, 1.82) is 0 Å². The van der Waals surface area contributed by atoms with Crippen LogP contribution < -0.4 is 0 Å². The zero-order valence-electron chi connectivity index (χ0n) is 11.5. The third-order valence-electron chi connectivity index (χ3n) is 3.44. The van der Waals surface area contributed by atoms with Gasteiger partial charge < -0.3 is 9.63 Å². The number of likely N-dealkylation sites (tertiary alicyclic amines) is 1. The van der Waals surface area contributed by atoms with Crippen LogP contribution in [0.15, 0.2) is 4.52 Å². The predicted molar refractivity (Wildman–Crippen MR) is 68.5 cm³/mol. The smallest absolute Gasteiger partial charge is 0.307 e. The predicted octanol–water partition coefficient (Wildman–Crippen LogP) is 1.56. The van der Waals surface area contributed by atoms with Gasteiger partial charge in [0.05, 0.1) is 12.5 Å². The zero-order valence-corrected chi connectivity index (χ0v) is 11.5. The quantitative estimate of drug-likeness (QED) is 0.842. The average Bonchev–Trinajstić information content (AvgIpc) is 2.96. The van der Waals surface area contributed by atoms with Crippen molar-refractivity contribution in [2.45, 2.75) is 39.7 Å². The van der Waals surface area contributed by atoms with Crippen LogP contribution in [0.2, 0.25) is 0 Å². The summed E-state index contributed by atoms with van der Waals surface area (Å²) in [5, 5.41) is 12.9. The molecule has 0 aliphatic carbocycles. The monoisotopic (exact) mass is 267 g/mol. The second-order valence-electron chi connectivity index (χ2n) is 5.60. The molecular formula is C13H21N3O3. The van der Waals surface area contributed by atoms with Gasteiger partial charge in [-0.1, -0.05) is 19.0 Å². The minimum Gasteiger partial charge on any atom is -0.481 e. The van der Waals surface area contributed by atoms with Crippen LogP contribution in [0.3, 0.4) is 0 Å². The molecule has 1 N–H and O–H groups in total. The number of hydrogen-bond acceptors (Lipinski definition) is 5. The molecule has 6 nitrogen and oxygen atoms in total. The first-order valence-corrected chi connectivity index (χ1v) is 6.81. The second kappa shape index (κ2) is 6.14. The highest BCUT2D eigenvalue weighted by molar-refractivity contribution is 5.70. The molecule has 2 rings (SSSR count). The highest BCUT2D eigenvalue weighted by Crippen LogP contribution is 2.18. The molecule has 1 fully saturated rings. The van der Waals surface area contributed by atoms with Crippen LogP contribution in [0, 0.1) is 11.8 Å². The normalized spacial score (nSPS) is 20.3. The highest BCUT2D eigenvalue weighted by atomic mass is 16.5. The topological polar surface area (TPSA) is 79.5 Å². The summed E-state index contributed by atoms with van der Waals surface area (Å²) >= 11 is 0. The van der Waals surface area contributed by atoms with E-state index >= 15 is 0 Å². The fraction of sp³-hybridized carbons (Fsp3) is 0.769. The Morgan fingerprint density at radius 2 is 2.37 bits per heavy atom. The number of hydrogen-bond donors (Lipinski definition) is 1. The van der Waals surface area contributed by atoms with Gasteiger partial charge in [0.15, 0.2) is 5.82 Å². The number of nitrogens with zero attached hydrogens (tertiary/aromatic N) is 3. The van der Waals surface area contributed by atoms with Gasteiger partial charge in [0.1, 0.15) is 0 Å². The molecule has 1 aliphatic heterocycles. The Bertz CT molecular complexity index is 431.